The Hall–Kier alpha value is -2.18. The molecule has 26 heavy (non-hydrogen) atoms. The summed E-state index contributed by atoms with van der Waals surface area (Å²) in [7, 11) is 0. The van der Waals surface area contributed by atoms with Crippen molar-refractivity contribution in [3.05, 3.63) is 49.7 Å². The zero-order valence-electron chi connectivity index (χ0n) is 15.1. The van der Waals surface area contributed by atoms with E-state index >= 15 is 0 Å². The summed E-state index contributed by atoms with van der Waals surface area (Å²) in [6.45, 7) is 8.44. The van der Waals surface area contributed by atoms with Crippen LogP contribution in [0.2, 0.25) is 5.02 Å². The van der Waals surface area contributed by atoms with Crippen LogP contribution in [0.4, 0.5) is 0 Å². The number of carbonyl (C=O) groups is 1. The molecule has 0 bridgehead atoms. The summed E-state index contributed by atoms with van der Waals surface area (Å²) in [5.41, 5.74) is 2.11. The minimum absolute atomic E-state index is 0.0194. The number of aromatic nitrogens is 2. The molecule has 0 radical (unpaired) electrons. The Morgan fingerprint density at radius 3 is 2.62 bits per heavy atom. The van der Waals surface area contributed by atoms with Crippen LogP contribution < -0.4 is 5.43 Å². The highest BCUT2D eigenvalue weighted by molar-refractivity contribution is 7.15. The number of benzene rings is 1. The van der Waals surface area contributed by atoms with Crippen LogP contribution in [0.15, 0.2) is 23.1 Å². The maximum Gasteiger partial charge on any atom is 0.343 e. The molecule has 0 fully saturated rings. The largest absolute Gasteiger partial charge is 0.462 e. The van der Waals surface area contributed by atoms with Crippen molar-refractivity contribution in [3.8, 4) is 10.6 Å². The molecular formula is C19H19ClN2O3S. The van der Waals surface area contributed by atoms with Crippen LogP contribution >= 0.6 is 22.9 Å². The number of hydrogen-bond donors (Lipinski definition) is 0. The normalized spacial score (nSPS) is 11.1. The highest BCUT2D eigenvalue weighted by atomic mass is 35.5. The van der Waals surface area contributed by atoms with E-state index in [1.54, 1.807) is 30.5 Å². The van der Waals surface area contributed by atoms with Crippen molar-refractivity contribution in [2.24, 2.45) is 0 Å². The molecule has 0 atom stereocenters. The Morgan fingerprint density at radius 1 is 1.31 bits per heavy atom. The summed E-state index contributed by atoms with van der Waals surface area (Å²) in [5, 5.41) is 1.65. The van der Waals surface area contributed by atoms with Crippen molar-refractivity contribution in [2.75, 3.05) is 6.61 Å². The number of fused-ring (bicyclic) bond motifs is 1. The first kappa shape index (κ1) is 18.6. The molecule has 0 spiro atoms. The van der Waals surface area contributed by atoms with Gasteiger partial charge in [0.15, 0.2) is 0 Å². The highest BCUT2D eigenvalue weighted by Gasteiger charge is 2.19. The Balaban J connectivity index is 2.29. The molecule has 0 saturated heterocycles. The van der Waals surface area contributed by atoms with Gasteiger partial charge in [0.25, 0.3) is 0 Å². The Bertz CT molecular complexity index is 1050. The van der Waals surface area contributed by atoms with Gasteiger partial charge in [-0.1, -0.05) is 11.6 Å². The smallest absolute Gasteiger partial charge is 0.343 e. The number of esters is 1. The van der Waals surface area contributed by atoms with E-state index in [4.69, 9.17) is 16.3 Å². The van der Waals surface area contributed by atoms with Gasteiger partial charge in [0.05, 0.1) is 22.8 Å². The molecule has 0 N–H and O–H groups in total. The summed E-state index contributed by atoms with van der Waals surface area (Å²) in [6, 6.07) is 3.49. The van der Waals surface area contributed by atoms with Crippen LogP contribution in [0.5, 0.6) is 0 Å². The highest BCUT2D eigenvalue weighted by Crippen LogP contribution is 2.35. The van der Waals surface area contributed by atoms with Crippen LogP contribution in [-0.2, 0) is 11.3 Å². The molecule has 1 aromatic carbocycles. The number of nitrogens with zero attached hydrogens (tertiary/aromatic N) is 2. The third-order valence-electron chi connectivity index (χ3n) is 4.26. The molecule has 3 rings (SSSR count). The van der Waals surface area contributed by atoms with E-state index in [1.165, 1.54) is 0 Å². The molecular weight excluding hydrogens is 372 g/mol. The van der Waals surface area contributed by atoms with Crippen molar-refractivity contribution in [3.63, 3.8) is 0 Å². The van der Waals surface area contributed by atoms with Crippen molar-refractivity contribution in [1.82, 2.24) is 9.55 Å². The predicted octanol–water partition coefficient (Wildman–Crippen LogP) is 4.59. The minimum atomic E-state index is -0.618. The second-order valence-electron chi connectivity index (χ2n) is 5.89. The zero-order valence-corrected chi connectivity index (χ0v) is 16.6. The summed E-state index contributed by atoms with van der Waals surface area (Å²) >= 11 is 8.03. The second kappa shape index (κ2) is 7.21. The maximum atomic E-state index is 12.8. The first-order valence-corrected chi connectivity index (χ1v) is 9.55. The van der Waals surface area contributed by atoms with Crippen molar-refractivity contribution >= 4 is 39.8 Å². The topological polar surface area (TPSA) is 61.2 Å². The molecule has 2 aromatic heterocycles. The monoisotopic (exact) mass is 390 g/mol. The van der Waals surface area contributed by atoms with Gasteiger partial charge in [0.2, 0.25) is 5.43 Å². The average Bonchev–Trinajstić information content (AvgIpc) is 2.94. The SMILES string of the molecule is CCOC(=O)c1cn(CC)c2cc(-c3nc(C)c(C)s3)c(Cl)cc2c1=O. The number of ether oxygens (including phenoxy) is 1. The molecule has 5 nitrogen and oxygen atoms in total. The van der Waals surface area contributed by atoms with E-state index < -0.39 is 5.97 Å². The predicted molar refractivity (Wildman–Crippen MR) is 105 cm³/mol. The second-order valence-corrected chi connectivity index (χ2v) is 7.50. The summed E-state index contributed by atoms with van der Waals surface area (Å²) in [5.74, 6) is -0.618. The number of hydrogen-bond acceptors (Lipinski definition) is 5. The van der Waals surface area contributed by atoms with Crippen molar-refractivity contribution < 1.29 is 9.53 Å². The number of carbonyl (C=O) groups excluding carboxylic acids is 1. The van der Waals surface area contributed by atoms with Crippen molar-refractivity contribution in [2.45, 2.75) is 34.2 Å². The standard InChI is InChI=1S/C19H19ClN2O3S/c1-5-22-9-14(19(24)25-6-2)17(23)13-7-15(20)12(8-16(13)22)18-21-10(3)11(4)26-18/h7-9H,5-6H2,1-4H3. The molecule has 0 saturated carbocycles. The van der Waals surface area contributed by atoms with E-state index in [1.807, 2.05) is 31.4 Å². The molecule has 7 heteroatoms. The van der Waals surface area contributed by atoms with Crippen molar-refractivity contribution in [1.29, 1.82) is 0 Å². The molecule has 136 valence electrons. The maximum absolute atomic E-state index is 12.8. The van der Waals surface area contributed by atoms with E-state index in [0.717, 1.165) is 26.7 Å². The van der Waals surface area contributed by atoms with Gasteiger partial charge in [-0.05, 0) is 39.8 Å². The number of halogens is 1. The van der Waals surface area contributed by atoms with E-state index in [9.17, 15) is 9.59 Å². The Labute approximate surface area is 160 Å². The lowest BCUT2D eigenvalue weighted by Gasteiger charge is -2.13. The van der Waals surface area contributed by atoms with Crippen LogP contribution in [0.25, 0.3) is 21.5 Å². The molecule has 0 aliphatic carbocycles. The first-order chi connectivity index (χ1) is 12.4. The van der Waals surface area contributed by atoms with Gasteiger partial charge >= 0.3 is 5.97 Å². The fourth-order valence-corrected chi connectivity index (χ4v) is 4.03. The molecule has 0 amide bonds. The van der Waals surface area contributed by atoms with Gasteiger partial charge in [-0.2, -0.15) is 0 Å². The number of rotatable bonds is 4. The van der Waals surface area contributed by atoms with Crippen LogP contribution in [0.3, 0.4) is 0 Å². The molecule has 0 aliphatic heterocycles. The van der Waals surface area contributed by atoms with E-state index in [2.05, 4.69) is 4.98 Å². The molecule has 2 heterocycles. The number of aryl methyl sites for hydroxylation is 3. The van der Waals surface area contributed by atoms with Gasteiger partial charge in [-0.15, -0.1) is 11.3 Å². The van der Waals surface area contributed by atoms with E-state index in [0.29, 0.717) is 17.0 Å². The minimum Gasteiger partial charge on any atom is -0.462 e. The van der Waals surface area contributed by atoms with Crippen LogP contribution in [-0.4, -0.2) is 22.1 Å². The Morgan fingerprint density at radius 2 is 2.04 bits per heavy atom. The number of thiazole rings is 1. The van der Waals surface area contributed by atoms with Gasteiger partial charge in [0, 0.05) is 28.6 Å². The third-order valence-corrected chi connectivity index (χ3v) is 5.68. The summed E-state index contributed by atoms with van der Waals surface area (Å²) in [6.07, 6.45) is 1.55. The van der Waals surface area contributed by atoms with Crippen LogP contribution in [0, 0.1) is 13.8 Å². The zero-order chi connectivity index (χ0) is 19.0. The molecule has 3 aromatic rings. The summed E-state index contributed by atoms with van der Waals surface area (Å²) < 4.78 is 6.86. The lowest BCUT2D eigenvalue weighted by Crippen LogP contribution is -2.20. The molecule has 0 aliphatic rings. The van der Waals surface area contributed by atoms with Gasteiger partial charge in [-0.25, -0.2) is 9.78 Å². The quantitative estimate of drug-likeness (QED) is 0.611. The number of pyridine rings is 1. The first-order valence-electron chi connectivity index (χ1n) is 8.35. The van der Waals surface area contributed by atoms with Gasteiger partial charge in [-0.3, -0.25) is 4.79 Å². The third kappa shape index (κ3) is 3.15. The van der Waals surface area contributed by atoms with Crippen LogP contribution in [0.1, 0.15) is 34.8 Å². The lowest BCUT2D eigenvalue weighted by atomic mass is 10.1. The van der Waals surface area contributed by atoms with Gasteiger partial charge < -0.3 is 9.30 Å². The fourth-order valence-electron chi connectivity index (χ4n) is 2.78. The van der Waals surface area contributed by atoms with Gasteiger partial charge in [0.1, 0.15) is 10.6 Å². The average molecular weight is 391 g/mol. The molecule has 0 unspecified atom stereocenters. The Kier molecular flexibility index (Phi) is 5.16. The fraction of sp³-hybridized carbons (Fsp3) is 0.316. The lowest BCUT2D eigenvalue weighted by molar-refractivity contribution is 0.0524. The summed E-state index contributed by atoms with van der Waals surface area (Å²) in [4.78, 5) is 30.6. The van der Waals surface area contributed by atoms with E-state index in [-0.39, 0.29) is 17.6 Å².